The second kappa shape index (κ2) is 7.81. The zero-order valence-corrected chi connectivity index (χ0v) is 15.6. The van der Waals surface area contributed by atoms with Gasteiger partial charge >= 0.3 is 5.97 Å². The molecule has 0 fully saturated rings. The van der Waals surface area contributed by atoms with Crippen LogP contribution < -0.4 is 4.72 Å². The summed E-state index contributed by atoms with van der Waals surface area (Å²) in [5, 5.41) is 0.321. The summed E-state index contributed by atoms with van der Waals surface area (Å²) in [5.74, 6) is -0.752. The number of benzene rings is 1. The van der Waals surface area contributed by atoms with E-state index in [0.717, 1.165) is 0 Å². The normalized spacial score (nSPS) is 13.7. The molecule has 0 aliphatic carbocycles. The standard InChI is InChI=1S/C14H19Cl2NO5S/c1-14(2,3)22-8-12(13(18)21-4)17-23(19,20)9-5-6-10(15)11(16)7-9/h5-7,12,17H,8H2,1-4H3. The Labute approximate surface area is 146 Å². The van der Waals surface area contributed by atoms with E-state index >= 15 is 0 Å². The maximum absolute atomic E-state index is 12.4. The molecule has 1 rings (SSSR count). The largest absolute Gasteiger partial charge is 0.468 e. The number of esters is 1. The Morgan fingerprint density at radius 3 is 2.35 bits per heavy atom. The highest BCUT2D eigenvalue weighted by molar-refractivity contribution is 7.89. The number of halogens is 2. The summed E-state index contributed by atoms with van der Waals surface area (Å²) in [5.41, 5.74) is -0.540. The molecule has 1 N–H and O–H groups in total. The molecule has 0 amide bonds. The van der Waals surface area contributed by atoms with Crippen molar-refractivity contribution in [3.8, 4) is 0 Å². The molecule has 0 aromatic heterocycles. The van der Waals surface area contributed by atoms with Gasteiger partial charge in [-0.25, -0.2) is 8.42 Å². The Bertz CT molecular complexity index is 670. The van der Waals surface area contributed by atoms with Gasteiger partial charge in [0.2, 0.25) is 10.0 Å². The van der Waals surface area contributed by atoms with Crippen molar-refractivity contribution in [1.29, 1.82) is 0 Å². The van der Waals surface area contributed by atoms with Crippen LogP contribution in [0.3, 0.4) is 0 Å². The van der Waals surface area contributed by atoms with Crippen molar-refractivity contribution in [3.63, 3.8) is 0 Å². The van der Waals surface area contributed by atoms with Crippen molar-refractivity contribution in [1.82, 2.24) is 4.72 Å². The van der Waals surface area contributed by atoms with Crippen LogP contribution in [-0.4, -0.2) is 39.7 Å². The van der Waals surface area contributed by atoms with Gasteiger partial charge in [-0.3, -0.25) is 4.79 Å². The minimum Gasteiger partial charge on any atom is -0.468 e. The first kappa shape index (κ1) is 20.2. The molecule has 1 aromatic carbocycles. The summed E-state index contributed by atoms with van der Waals surface area (Å²) in [6.45, 7) is 5.19. The van der Waals surface area contributed by atoms with E-state index in [9.17, 15) is 13.2 Å². The van der Waals surface area contributed by atoms with E-state index in [4.69, 9.17) is 27.9 Å². The topological polar surface area (TPSA) is 81.7 Å². The number of carbonyl (C=O) groups excluding carboxylic acids is 1. The van der Waals surface area contributed by atoms with Gasteiger partial charge < -0.3 is 9.47 Å². The van der Waals surface area contributed by atoms with Gasteiger partial charge in [-0.15, -0.1) is 0 Å². The fourth-order valence-electron chi connectivity index (χ4n) is 1.53. The average Bonchev–Trinajstić information content (AvgIpc) is 2.44. The second-order valence-electron chi connectivity index (χ2n) is 5.70. The Morgan fingerprint density at radius 2 is 1.87 bits per heavy atom. The molecule has 130 valence electrons. The molecule has 0 spiro atoms. The highest BCUT2D eigenvalue weighted by Crippen LogP contribution is 2.25. The maximum Gasteiger partial charge on any atom is 0.326 e. The van der Waals surface area contributed by atoms with Gasteiger partial charge in [0.1, 0.15) is 6.04 Å². The van der Waals surface area contributed by atoms with Crippen LogP contribution in [0.4, 0.5) is 0 Å². The maximum atomic E-state index is 12.4. The molecule has 0 aliphatic rings. The van der Waals surface area contributed by atoms with E-state index in [0.29, 0.717) is 0 Å². The quantitative estimate of drug-likeness (QED) is 0.763. The first-order chi connectivity index (χ1) is 10.5. The lowest BCUT2D eigenvalue weighted by atomic mass is 10.2. The van der Waals surface area contributed by atoms with Crippen LogP contribution in [0, 0.1) is 0 Å². The van der Waals surface area contributed by atoms with E-state index in [-0.39, 0.29) is 21.5 Å². The van der Waals surface area contributed by atoms with E-state index in [1.807, 2.05) is 0 Å². The highest BCUT2D eigenvalue weighted by Gasteiger charge is 2.28. The molecule has 9 heteroatoms. The van der Waals surface area contributed by atoms with Gasteiger partial charge in [-0.1, -0.05) is 23.2 Å². The monoisotopic (exact) mass is 383 g/mol. The van der Waals surface area contributed by atoms with Gasteiger partial charge in [-0.2, -0.15) is 4.72 Å². The molecular weight excluding hydrogens is 365 g/mol. The van der Waals surface area contributed by atoms with Gasteiger partial charge in [0.05, 0.1) is 34.3 Å². The number of hydrogen-bond donors (Lipinski definition) is 1. The third kappa shape index (κ3) is 6.27. The molecule has 1 aromatic rings. The van der Waals surface area contributed by atoms with Gasteiger partial charge in [0, 0.05) is 0 Å². The number of methoxy groups -OCH3 is 1. The van der Waals surface area contributed by atoms with Crippen LogP contribution in [0.5, 0.6) is 0 Å². The first-order valence-corrected chi connectivity index (χ1v) is 8.89. The lowest BCUT2D eigenvalue weighted by Gasteiger charge is -2.23. The molecule has 0 bridgehead atoms. The molecule has 1 atom stereocenters. The molecule has 0 aliphatic heterocycles. The molecule has 6 nitrogen and oxygen atoms in total. The molecular formula is C14H19Cl2NO5S. The van der Waals surface area contributed by atoms with Crippen molar-refractivity contribution in [2.24, 2.45) is 0 Å². The molecule has 0 saturated carbocycles. The number of nitrogens with one attached hydrogen (secondary N) is 1. The minimum atomic E-state index is -4.00. The molecule has 0 saturated heterocycles. The summed E-state index contributed by atoms with van der Waals surface area (Å²) in [4.78, 5) is 11.7. The highest BCUT2D eigenvalue weighted by atomic mass is 35.5. The van der Waals surface area contributed by atoms with E-state index in [2.05, 4.69) is 9.46 Å². The third-order valence-corrected chi connectivity index (χ3v) is 4.88. The van der Waals surface area contributed by atoms with Crippen LogP contribution in [-0.2, 0) is 24.3 Å². The second-order valence-corrected chi connectivity index (χ2v) is 8.22. The van der Waals surface area contributed by atoms with Crippen molar-refractivity contribution in [2.75, 3.05) is 13.7 Å². The van der Waals surface area contributed by atoms with E-state index < -0.39 is 27.6 Å². The van der Waals surface area contributed by atoms with E-state index in [1.165, 1.54) is 25.3 Å². The smallest absolute Gasteiger partial charge is 0.326 e. The summed E-state index contributed by atoms with van der Waals surface area (Å²) in [6.07, 6.45) is 0. The van der Waals surface area contributed by atoms with Crippen molar-refractivity contribution >= 4 is 39.2 Å². The number of carbonyl (C=O) groups is 1. The molecule has 0 radical (unpaired) electrons. The van der Waals surface area contributed by atoms with Gasteiger partial charge in [0.25, 0.3) is 0 Å². The van der Waals surface area contributed by atoms with Crippen molar-refractivity contribution < 1.29 is 22.7 Å². The average molecular weight is 384 g/mol. The molecule has 1 unspecified atom stereocenters. The number of ether oxygens (including phenoxy) is 2. The van der Waals surface area contributed by atoms with Crippen LogP contribution in [0.2, 0.25) is 10.0 Å². The predicted octanol–water partition coefficient (Wildman–Crippen LogP) is 2.63. The van der Waals surface area contributed by atoms with Gasteiger partial charge in [-0.05, 0) is 39.0 Å². The minimum absolute atomic E-state index is 0.0927. The van der Waals surface area contributed by atoms with Crippen LogP contribution in [0.25, 0.3) is 0 Å². The first-order valence-electron chi connectivity index (χ1n) is 6.65. The molecule has 0 heterocycles. The van der Waals surface area contributed by atoms with Gasteiger partial charge in [0.15, 0.2) is 0 Å². The Kier molecular flexibility index (Phi) is 6.85. The van der Waals surface area contributed by atoms with Crippen molar-refractivity contribution in [2.45, 2.75) is 37.3 Å². The van der Waals surface area contributed by atoms with Crippen LogP contribution in [0.1, 0.15) is 20.8 Å². The zero-order chi connectivity index (χ0) is 17.8. The Balaban J connectivity index is 3.00. The summed E-state index contributed by atoms with van der Waals surface area (Å²) < 4.78 is 37.1. The lowest BCUT2D eigenvalue weighted by molar-refractivity contribution is -0.145. The number of rotatable bonds is 6. The SMILES string of the molecule is COC(=O)C(COC(C)(C)C)NS(=O)(=O)c1ccc(Cl)c(Cl)c1. The fourth-order valence-corrected chi connectivity index (χ4v) is 3.08. The van der Waals surface area contributed by atoms with Crippen LogP contribution in [0.15, 0.2) is 23.1 Å². The van der Waals surface area contributed by atoms with E-state index in [1.54, 1.807) is 20.8 Å². The lowest BCUT2D eigenvalue weighted by Crippen LogP contribution is -2.46. The van der Waals surface area contributed by atoms with Crippen LogP contribution >= 0.6 is 23.2 Å². The molecule has 23 heavy (non-hydrogen) atoms. The summed E-state index contributed by atoms with van der Waals surface area (Å²) in [6, 6.07) is 2.66. The third-order valence-electron chi connectivity index (χ3n) is 2.67. The zero-order valence-electron chi connectivity index (χ0n) is 13.2. The Morgan fingerprint density at radius 1 is 1.26 bits per heavy atom. The number of sulfonamides is 1. The van der Waals surface area contributed by atoms with Crippen molar-refractivity contribution in [3.05, 3.63) is 28.2 Å². The summed E-state index contributed by atoms with van der Waals surface area (Å²) in [7, 11) is -2.83. The number of hydrogen-bond acceptors (Lipinski definition) is 5. The summed E-state index contributed by atoms with van der Waals surface area (Å²) >= 11 is 11.6. The Hall–Kier alpha value is -0.860. The fraction of sp³-hybridized carbons (Fsp3) is 0.500. The predicted molar refractivity (Wildman–Crippen MR) is 88.3 cm³/mol.